The van der Waals surface area contributed by atoms with Crippen LogP contribution in [0.1, 0.15) is 27.7 Å². The number of nitrogen functional groups attached to an aromatic ring is 1. The van der Waals surface area contributed by atoms with Gasteiger partial charge in [0, 0.05) is 6.07 Å². The van der Waals surface area contributed by atoms with Crippen molar-refractivity contribution in [1.82, 2.24) is 5.32 Å². The van der Waals surface area contributed by atoms with Gasteiger partial charge in [0.1, 0.15) is 23.7 Å². The van der Waals surface area contributed by atoms with Crippen LogP contribution in [-0.2, 0) is 4.74 Å². The number of alkyl carbamates (subject to hydrolysis) is 1. The van der Waals surface area contributed by atoms with Crippen LogP contribution in [0, 0.1) is 0 Å². The van der Waals surface area contributed by atoms with E-state index in [1.165, 1.54) is 0 Å². The second-order valence-corrected chi connectivity index (χ2v) is 5.76. The lowest BCUT2D eigenvalue weighted by atomic mass is 10.2. The van der Waals surface area contributed by atoms with Crippen molar-refractivity contribution in [3.05, 3.63) is 18.2 Å². The van der Waals surface area contributed by atoms with Gasteiger partial charge in [-0.1, -0.05) is 0 Å². The van der Waals surface area contributed by atoms with E-state index in [1.54, 1.807) is 25.3 Å². The van der Waals surface area contributed by atoms with Crippen molar-refractivity contribution in [2.45, 2.75) is 39.3 Å². The molecular formula is C15H24N2O4. The summed E-state index contributed by atoms with van der Waals surface area (Å²) in [6.45, 7) is 7.58. The molecule has 0 aliphatic carbocycles. The van der Waals surface area contributed by atoms with Gasteiger partial charge in [0.05, 0.1) is 18.8 Å². The van der Waals surface area contributed by atoms with Crippen molar-refractivity contribution < 1.29 is 19.0 Å². The molecule has 21 heavy (non-hydrogen) atoms. The lowest BCUT2D eigenvalue weighted by molar-refractivity contribution is 0.0494. The number of nitrogens with two attached hydrogens (primary N) is 1. The van der Waals surface area contributed by atoms with Crippen LogP contribution in [0.4, 0.5) is 10.5 Å². The van der Waals surface area contributed by atoms with Crippen molar-refractivity contribution in [3.8, 4) is 11.5 Å². The molecule has 0 saturated heterocycles. The third-order valence-corrected chi connectivity index (χ3v) is 2.46. The topological polar surface area (TPSA) is 82.8 Å². The molecule has 1 aromatic carbocycles. The van der Waals surface area contributed by atoms with E-state index in [0.717, 1.165) is 0 Å². The maximum Gasteiger partial charge on any atom is 0.407 e. The second-order valence-electron chi connectivity index (χ2n) is 5.76. The standard InChI is InChI=1S/C15H24N2O4/c1-10(17-14(18)21-15(2,3)4)9-20-11-6-7-13(19-5)12(16)8-11/h6-8,10H,9,16H2,1-5H3,(H,17,18)/t10-/m1/s1. The molecule has 0 radical (unpaired) electrons. The minimum absolute atomic E-state index is 0.192. The molecule has 1 aromatic rings. The molecule has 0 bridgehead atoms. The maximum absolute atomic E-state index is 11.6. The molecule has 0 fully saturated rings. The number of hydrogen-bond donors (Lipinski definition) is 2. The summed E-state index contributed by atoms with van der Waals surface area (Å²) in [6.07, 6.45) is -0.465. The minimum atomic E-state index is -0.519. The van der Waals surface area contributed by atoms with Crippen LogP contribution in [0.15, 0.2) is 18.2 Å². The highest BCUT2D eigenvalue weighted by molar-refractivity contribution is 5.68. The van der Waals surface area contributed by atoms with Crippen LogP contribution < -0.4 is 20.5 Å². The number of ether oxygens (including phenoxy) is 3. The highest BCUT2D eigenvalue weighted by Crippen LogP contribution is 2.25. The largest absolute Gasteiger partial charge is 0.495 e. The average molecular weight is 296 g/mol. The van der Waals surface area contributed by atoms with Gasteiger partial charge in [0.2, 0.25) is 0 Å². The Labute approximate surface area is 125 Å². The van der Waals surface area contributed by atoms with Crippen LogP contribution in [0.3, 0.4) is 0 Å². The number of benzene rings is 1. The molecular weight excluding hydrogens is 272 g/mol. The zero-order valence-corrected chi connectivity index (χ0v) is 13.2. The Kier molecular flexibility index (Phi) is 5.69. The zero-order valence-electron chi connectivity index (χ0n) is 13.2. The predicted octanol–water partition coefficient (Wildman–Crippen LogP) is 2.57. The molecule has 1 atom stereocenters. The van der Waals surface area contributed by atoms with Gasteiger partial charge in [-0.05, 0) is 39.8 Å². The minimum Gasteiger partial charge on any atom is -0.495 e. The van der Waals surface area contributed by atoms with E-state index in [0.29, 0.717) is 23.8 Å². The van der Waals surface area contributed by atoms with Crippen LogP contribution >= 0.6 is 0 Å². The van der Waals surface area contributed by atoms with Gasteiger partial charge < -0.3 is 25.3 Å². The fourth-order valence-electron chi connectivity index (χ4n) is 1.57. The molecule has 118 valence electrons. The quantitative estimate of drug-likeness (QED) is 0.816. The number of carbonyl (C=O) groups is 1. The summed E-state index contributed by atoms with van der Waals surface area (Å²) in [5.41, 5.74) is 5.78. The third kappa shape index (κ3) is 6.25. The van der Waals surface area contributed by atoms with E-state index >= 15 is 0 Å². The maximum atomic E-state index is 11.6. The van der Waals surface area contributed by atoms with Crippen molar-refractivity contribution >= 4 is 11.8 Å². The molecule has 1 amide bonds. The van der Waals surface area contributed by atoms with Gasteiger partial charge >= 0.3 is 6.09 Å². The van der Waals surface area contributed by atoms with E-state index in [2.05, 4.69) is 5.32 Å². The van der Waals surface area contributed by atoms with Crippen molar-refractivity contribution in [2.24, 2.45) is 0 Å². The van der Waals surface area contributed by atoms with E-state index in [9.17, 15) is 4.79 Å². The molecule has 0 aliphatic rings. The first-order valence-electron chi connectivity index (χ1n) is 6.77. The molecule has 0 heterocycles. The molecule has 0 aromatic heterocycles. The number of hydrogen-bond acceptors (Lipinski definition) is 5. The lowest BCUT2D eigenvalue weighted by Crippen LogP contribution is -2.40. The van der Waals surface area contributed by atoms with Gasteiger partial charge in [-0.15, -0.1) is 0 Å². The van der Waals surface area contributed by atoms with Crippen molar-refractivity contribution in [3.63, 3.8) is 0 Å². The van der Waals surface area contributed by atoms with Crippen molar-refractivity contribution in [1.29, 1.82) is 0 Å². The zero-order chi connectivity index (χ0) is 16.0. The fraction of sp³-hybridized carbons (Fsp3) is 0.533. The first-order valence-corrected chi connectivity index (χ1v) is 6.77. The normalized spacial score (nSPS) is 12.4. The van der Waals surface area contributed by atoms with E-state index in [1.807, 2.05) is 27.7 Å². The Bertz CT molecular complexity index is 483. The van der Waals surface area contributed by atoms with Gasteiger partial charge in [0.25, 0.3) is 0 Å². The summed E-state index contributed by atoms with van der Waals surface area (Å²) in [5, 5.41) is 2.70. The summed E-state index contributed by atoms with van der Waals surface area (Å²) >= 11 is 0. The van der Waals surface area contributed by atoms with E-state index in [4.69, 9.17) is 19.9 Å². The number of anilines is 1. The molecule has 6 nitrogen and oxygen atoms in total. The summed E-state index contributed by atoms with van der Waals surface area (Å²) in [7, 11) is 1.55. The van der Waals surface area contributed by atoms with Crippen LogP contribution in [0.5, 0.6) is 11.5 Å². The third-order valence-electron chi connectivity index (χ3n) is 2.46. The summed E-state index contributed by atoms with van der Waals surface area (Å²) in [5.74, 6) is 1.22. The molecule has 0 aliphatic heterocycles. The highest BCUT2D eigenvalue weighted by Gasteiger charge is 2.17. The predicted molar refractivity (Wildman–Crippen MR) is 81.7 cm³/mol. The van der Waals surface area contributed by atoms with Gasteiger partial charge in [0.15, 0.2) is 0 Å². The average Bonchev–Trinajstić information content (AvgIpc) is 2.34. The Morgan fingerprint density at radius 1 is 1.38 bits per heavy atom. The number of nitrogens with one attached hydrogen (secondary N) is 1. The number of carbonyl (C=O) groups excluding carboxylic acids is 1. The smallest absolute Gasteiger partial charge is 0.407 e. The van der Waals surface area contributed by atoms with Crippen LogP contribution in [0.2, 0.25) is 0 Å². The Hall–Kier alpha value is -2.11. The first kappa shape index (κ1) is 16.9. The monoisotopic (exact) mass is 296 g/mol. The highest BCUT2D eigenvalue weighted by atomic mass is 16.6. The Morgan fingerprint density at radius 2 is 2.05 bits per heavy atom. The molecule has 6 heteroatoms. The van der Waals surface area contributed by atoms with Gasteiger partial charge in [-0.3, -0.25) is 0 Å². The van der Waals surface area contributed by atoms with Gasteiger partial charge in [-0.25, -0.2) is 4.79 Å². The second kappa shape index (κ2) is 7.06. The summed E-state index contributed by atoms with van der Waals surface area (Å²) in [4.78, 5) is 11.6. The van der Waals surface area contributed by atoms with Crippen LogP contribution in [0.25, 0.3) is 0 Å². The van der Waals surface area contributed by atoms with Crippen molar-refractivity contribution in [2.75, 3.05) is 19.5 Å². The molecule has 0 saturated carbocycles. The SMILES string of the molecule is COc1ccc(OC[C@@H](C)NC(=O)OC(C)(C)C)cc1N. The first-order chi connectivity index (χ1) is 9.71. The van der Waals surface area contributed by atoms with Gasteiger partial charge in [-0.2, -0.15) is 0 Å². The lowest BCUT2D eigenvalue weighted by Gasteiger charge is -2.22. The van der Waals surface area contributed by atoms with E-state index in [-0.39, 0.29) is 6.04 Å². The number of amides is 1. The molecule has 0 spiro atoms. The molecule has 0 unspecified atom stereocenters. The van der Waals surface area contributed by atoms with E-state index < -0.39 is 11.7 Å². The number of methoxy groups -OCH3 is 1. The Balaban J connectivity index is 2.44. The molecule has 1 rings (SSSR count). The summed E-state index contributed by atoms with van der Waals surface area (Å²) < 4.78 is 15.8. The number of rotatable bonds is 5. The summed E-state index contributed by atoms with van der Waals surface area (Å²) in [6, 6.07) is 4.98. The molecule has 3 N–H and O–H groups in total. The fourth-order valence-corrected chi connectivity index (χ4v) is 1.57. The Morgan fingerprint density at radius 3 is 2.57 bits per heavy atom. The van der Waals surface area contributed by atoms with Crippen LogP contribution in [-0.4, -0.2) is 31.5 Å².